The van der Waals surface area contributed by atoms with Crippen LogP contribution in [0.5, 0.6) is 0 Å². The Morgan fingerprint density at radius 3 is 2.23 bits per heavy atom. The summed E-state index contributed by atoms with van der Waals surface area (Å²) in [6, 6.07) is 44.2. The van der Waals surface area contributed by atoms with Crippen LogP contribution in [0.4, 0.5) is 11.4 Å². The highest BCUT2D eigenvalue weighted by molar-refractivity contribution is 6.06. The zero-order valence-corrected chi connectivity index (χ0v) is 33.1. The van der Waals surface area contributed by atoms with Gasteiger partial charge in [-0.15, -0.1) is 0 Å². The first-order chi connectivity index (χ1) is 27.4. The first-order valence-corrected chi connectivity index (χ1v) is 19.9. The third-order valence-electron chi connectivity index (χ3n) is 11.4. The first-order valence-electron chi connectivity index (χ1n) is 19.9. The number of hydrogen-bond donors (Lipinski definition) is 0. The Hall–Kier alpha value is -6.38. The van der Waals surface area contributed by atoms with Crippen LogP contribution in [-0.2, 0) is 12.8 Å². The zero-order chi connectivity index (χ0) is 38.8. The van der Waals surface area contributed by atoms with E-state index in [-0.39, 0.29) is 6.04 Å². The minimum Gasteiger partial charge on any atom is -0.456 e. The van der Waals surface area contributed by atoms with E-state index in [1.165, 1.54) is 61.3 Å². The van der Waals surface area contributed by atoms with Crippen LogP contribution in [0, 0.1) is 13.8 Å². The summed E-state index contributed by atoms with van der Waals surface area (Å²) in [4.78, 5) is 2.56. The van der Waals surface area contributed by atoms with Crippen LogP contribution in [0.3, 0.4) is 0 Å². The Labute approximate surface area is 332 Å². The topological polar surface area (TPSA) is 16.4 Å². The Balaban J connectivity index is 1.39. The molecule has 0 saturated heterocycles. The van der Waals surface area contributed by atoms with Gasteiger partial charge in [-0.05, 0) is 138 Å². The van der Waals surface area contributed by atoms with Crippen molar-refractivity contribution in [1.29, 1.82) is 0 Å². The van der Waals surface area contributed by atoms with Gasteiger partial charge in [-0.1, -0.05) is 141 Å². The largest absolute Gasteiger partial charge is 0.456 e. The van der Waals surface area contributed by atoms with Crippen molar-refractivity contribution in [2.24, 2.45) is 0 Å². The number of para-hydroxylation sites is 1. The van der Waals surface area contributed by atoms with Gasteiger partial charge >= 0.3 is 0 Å². The lowest BCUT2D eigenvalue weighted by Gasteiger charge is -2.36. The molecule has 1 aliphatic rings. The molecule has 6 aromatic carbocycles. The van der Waals surface area contributed by atoms with E-state index in [0.29, 0.717) is 0 Å². The average Bonchev–Trinajstić information content (AvgIpc) is 3.81. The van der Waals surface area contributed by atoms with Gasteiger partial charge in [0.15, 0.2) is 0 Å². The average molecular weight is 728 g/mol. The molecule has 1 aromatic heterocycles. The molecule has 2 heteroatoms. The van der Waals surface area contributed by atoms with Gasteiger partial charge in [0, 0.05) is 27.7 Å². The van der Waals surface area contributed by atoms with E-state index < -0.39 is 0 Å². The van der Waals surface area contributed by atoms with Crippen molar-refractivity contribution in [1.82, 2.24) is 0 Å². The standard InChI is InChI=1S/C54H49NO/c1-7-10-11-21-39-26-27-40-28-30-42(35-50(39)40)55(38(6)46(18-8-2)41-29-31-49-48-24-16-17-25-52(48)56-53(49)34-41)51-33-32-47(44-22-14-12-19-36(44)4)43(9-3)54(51)45-23-15-13-20-37(45)5/h7-8,10-26,28-35,38H,2,9,27H2,1,3-6H3/b10-7-,21-11-,46-18+. The summed E-state index contributed by atoms with van der Waals surface area (Å²) < 4.78 is 6.43. The maximum atomic E-state index is 6.43. The third-order valence-corrected chi connectivity index (χ3v) is 11.4. The van der Waals surface area contributed by atoms with Crippen LogP contribution < -0.4 is 4.90 Å². The number of furan rings is 1. The van der Waals surface area contributed by atoms with E-state index in [1.807, 2.05) is 18.2 Å². The Kier molecular flexibility index (Phi) is 10.3. The number of allylic oxidation sites excluding steroid dienone is 8. The number of benzene rings is 6. The first kappa shape index (κ1) is 36.6. The van der Waals surface area contributed by atoms with Crippen molar-refractivity contribution >= 4 is 44.5 Å². The summed E-state index contributed by atoms with van der Waals surface area (Å²) in [7, 11) is 0. The minimum atomic E-state index is -0.0999. The van der Waals surface area contributed by atoms with Gasteiger partial charge in [0.1, 0.15) is 11.2 Å². The second-order valence-corrected chi connectivity index (χ2v) is 14.8. The molecule has 1 unspecified atom stereocenters. The van der Waals surface area contributed by atoms with Crippen molar-refractivity contribution in [3.63, 3.8) is 0 Å². The molecule has 0 radical (unpaired) electrons. The van der Waals surface area contributed by atoms with Crippen molar-refractivity contribution < 1.29 is 4.42 Å². The number of anilines is 2. The van der Waals surface area contributed by atoms with Crippen LogP contribution >= 0.6 is 0 Å². The highest BCUT2D eigenvalue weighted by atomic mass is 16.3. The predicted molar refractivity (Wildman–Crippen MR) is 242 cm³/mol. The minimum absolute atomic E-state index is 0.0999. The molecule has 0 N–H and O–H groups in total. The Morgan fingerprint density at radius 1 is 0.750 bits per heavy atom. The lowest BCUT2D eigenvalue weighted by molar-refractivity contribution is 0.668. The van der Waals surface area contributed by atoms with Crippen LogP contribution in [0.15, 0.2) is 175 Å². The molecule has 56 heavy (non-hydrogen) atoms. The van der Waals surface area contributed by atoms with Crippen molar-refractivity contribution in [3.8, 4) is 22.3 Å². The maximum Gasteiger partial charge on any atom is 0.136 e. The zero-order valence-electron chi connectivity index (χ0n) is 33.1. The second kappa shape index (κ2) is 15.8. The Morgan fingerprint density at radius 2 is 1.48 bits per heavy atom. The summed E-state index contributed by atoms with van der Waals surface area (Å²) in [5.74, 6) is 0. The van der Waals surface area contributed by atoms with E-state index in [2.05, 4.69) is 192 Å². The van der Waals surface area contributed by atoms with Gasteiger partial charge in [-0.2, -0.15) is 0 Å². The van der Waals surface area contributed by atoms with Gasteiger partial charge < -0.3 is 9.32 Å². The molecular weight excluding hydrogens is 679 g/mol. The molecule has 0 aliphatic heterocycles. The molecule has 8 rings (SSSR count). The molecular formula is C54H49NO. The van der Waals surface area contributed by atoms with E-state index in [4.69, 9.17) is 4.42 Å². The molecule has 0 saturated carbocycles. The van der Waals surface area contributed by atoms with E-state index in [1.54, 1.807) is 0 Å². The van der Waals surface area contributed by atoms with Crippen molar-refractivity contribution in [2.45, 2.75) is 53.5 Å². The third kappa shape index (κ3) is 6.66. The lowest BCUT2D eigenvalue weighted by atomic mass is 9.85. The summed E-state index contributed by atoms with van der Waals surface area (Å²) in [5.41, 5.74) is 19.2. The van der Waals surface area contributed by atoms with Crippen LogP contribution in [0.25, 0.3) is 55.3 Å². The molecule has 0 fully saturated rings. The number of nitrogens with zero attached hydrogens (tertiary/aromatic N) is 1. The van der Waals surface area contributed by atoms with E-state index in [0.717, 1.165) is 51.6 Å². The SMILES string of the molecule is C=C/C=C(/c1ccc2c(c1)oc1ccccc12)C(C)N(c1ccc2c(c1)C(/C=C\C=C/C)=CC2)c1ccc(-c2ccccc2C)c(CC)c1-c1ccccc1C. The molecule has 1 atom stereocenters. The second-order valence-electron chi connectivity index (χ2n) is 14.8. The maximum absolute atomic E-state index is 6.43. The molecule has 0 spiro atoms. The van der Waals surface area contributed by atoms with Crippen LogP contribution in [0.1, 0.15) is 54.2 Å². The Bertz CT molecular complexity index is 2730. The molecule has 0 amide bonds. The summed E-state index contributed by atoms with van der Waals surface area (Å²) in [6.07, 6.45) is 16.8. The fourth-order valence-electron chi connectivity index (χ4n) is 8.62. The van der Waals surface area contributed by atoms with Gasteiger partial charge in [0.05, 0.1) is 6.04 Å². The monoisotopic (exact) mass is 727 g/mol. The quantitative estimate of drug-likeness (QED) is 0.123. The highest BCUT2D eigenvalue weighted by Gasteiger charge is 2.29. The summed E-state index contributed by atoms with van der Waals surface area (Å²) >= 11 is 0. The number of aryl methyl sites for hydroxylation is 2. The number of hydrogen-bond acceptors (Lipinski definition) is 2. The highest BCUT2D eigenvalue weighted by Crippen LogP contribution is 2.47. The lowest BCUT2D eigenvalue weighted by Crippen LogP contribution is -2.30. The molecule has 2 nitrogen and oxygen atoms in total. The van der Waals surface area contributed by atoms with Crippen molar-refractivity contribution in [3.05, 3.63) is 204 Å². The number of fused-ring (bicyclic) bond motifs is 4. The molecule has 7 aromatic rings. The van der Waals surface area contributed by atoms with E-state index in [9.17, 15) is 0 Å². The fraction of sp³-hybridized carbons (Fsp3) is 0.148. The summed E-state index contributed by atoms with van der Waals surface area (Å²) in [6.45, 7) is 15.4. The molecule has 0 bridgehead atoms. The number of rotatable bonds is 11. The van der Waals surface area contributed by atoms with Gasteiger partial charge in [-0.3, -0.25) is 0 Å². The smallest absolute Gasteiger partial charge is 0.136 e. The van der Waals surface area contributed by atoms with Gasteiger partial charge in [0.25, 0.3) is 0 Å². The summed E-state index contributed by atoms with van der Waals surface area (Å²) in [5, 5.41) is 2.25. The molecule has 276 valence electrons. The predicted octanol–water partition coefficient (Wildman–Crippen LogP) is 15.0. The van der Waals surface area contributed by atoms with Gasteiger partial charge in [0.2, 0.25) is 0 Å². The van der Waals surface area contributed by atoms with E-state index >= 15 is 0 Å². The fourth-order valence-corrected chi connectivity index (χ4v) is 8.62. The van der Waals surface area contributed by atoms with Gasteiger partial charge in [-0.25, -0.2) is 0 Å². The molecule has 1 heterocycles. The molecule has 1 aliphatic carbocycles. The van der Waals surface area contributed by atoms with Crippen LogP contribution in [-0.4, -0.2) is 6.04 Å². The van der Waals surface area contributed by atoms with Crippen LogP contribution in [0.2, 0.25) is 0 Å². The van der Waals surface area contributed by atoms with Crippen molar-refractivity contribution in [2.75, 3.05) is 4.90 Å². The normalized spacial score (nSPS) is 13.5.